The molecular formula is C17H24N4. The second-order valence-corrected chi connectivity index (χ2v) is 6.39. The molecule has 2 fully saturated rings. The second kappa shape index (κ2) is 5.68. The number of H-pyrrole nitrogens is 1. The van der Waals surface area contributed by atoms with Gasteiger partial charge in [-0.25, -0.2) is 4.98 Å². The smallest absolute Gasteiger partial charge is 0.203 e. The van der Waals surface area contributed by atoms with E-state index in [1.807, 2.05) is 0 Å². The summed E-state index contributed by atoms with van der Waals surface area (Å²) in [5.74, 6) is 1.05. The van der Waals surface area contributed by atoms with Gasteiger partial charge >= 0.3 is 0 Å². The summed E-state index contributed by atoms with van der Waals surface area (Å²) in [7, 11) is 0. The zero-order valence-electron chi connectivity index (χ0n) is 12.6. The summed E-state index contributed by atoms with van der Waals surface area (Å²) in [6.45, 7) is 4.88. The van der Waals surface area contributed by atoms with Crippen LogP contribution in [0, 0.1) is 0 Å². The molecule has 4 rings (SSSR count). The van der Waals surface area contributed by atoms with E-state index in [-0.39, 0.29) is 0 Å². The van der Waals surface area contributed by atoms with E-state index in [4.69, 9.17) is 4.98 Å². The lowest BCUT2D eigenvalue weighted by molar-refractivity contribution is 0.225. The van der Waals surface area contributed by atoms with Crippen LogP contribution in [-0.2, 0) is 0 Å². The molecule has 1 aromatic carbocycles. The van der Waals surface area contributed by atoms with E-state index in [0.29, 0.717) is 0 Å². The molecule has 4 heteroatoms. The molecule has 1 atom stereocenters. The third-order valence-corrected chi connectivity index (χ3v) is 5.03. The molecule has 2 aliphatic rings. The standard InChI is InChI=1S/C17H24N4/c1-2-8-16-15(7-1)18-17(19-16)21-12-5-6-14(9-13-21)20-10-3-4-11-20/h1-2,7-8,14H,3-6,9-13H2,(H,18,19). The molecule has 1 unspecified atom stereocenters. The molecule has 2 aliphatic heterocycles. The topological polar surface area (TPSA) is 35.2 Å². The first-order valence-electron chi connectivity index (χ1n) is 8.34. The van der Waals surface area contributed by atoms with Gasteiger partial charge in [0.25, 0.3) is 0 Å². The fourth-order valence-corrected chi connectivity index (χ4v) is 3.85. The minimum Gasteiger partial charge on any atom is -0.342 e. The molecule has 21 heavy (non-hydrogen) atoms. The molecule has 0 saturated carbocycles. The van der Waals surface area contributed by atoms with Crippen molar-refractivity contribution in [2.24, 2.45) is 0 Å². The number of anilines is 1. The van der Waals surface area contributed by atoms with Gasteiger partial charge in [-0.3, -0.25) is 0 Å². The first kappa shape index (κ1) is 13.1. The number of para-hydroxylation sites is 2. The highest BCUT2D eigenvalue weighted by atomic mass is 15.3. The third kappa shape index (κ3) is 2.64. The third-order valence-electron chi connectivity index (χ3n) is 5.03. The van der Waals surface area contributed by atoms with Crippen LogP contribution in [0.4, 0.5) is 5.95 Å². The average molecular weight is 284 g/mol. The van der Waals surface area contributed by atoms with Gasteiger partial charge in [-0.15, -0.1) is 0 Å². The molecule has 4 nitrogen and oxygen atoms in total. The number of likely N-dealkylation sites (tertiary alicyclic amines) is 1. The van der Waals surface area contributed by atoms with Crippen LogP contribution >= 0.6 is 0 Å². The van der Waals surface area contributed by atoms with Crippen LogP contribution in [0.25, 0.3) is 11.0 Å². The number of imidazole rings is 1. The fourth-order valence-electron chi connectivity index (χ4n) is 3.85. The Bertz CT molecular complexity index is 567. The maximum absolute atomic E-state index is 4.76. The molecular weight excluding hydrogens is 260 g/mol. The monoisotopic (exact) mass is 284 g/mol. The van der Waals surface area contributed by atoms with Gasteiger partial charge in [0.1, 0.15) is 0 Å². The Labute approximate surface area is 126 Å². The van der Waals surface area contributed by atoms with Crippen molar-refractivity contribution in [1.82, 2.24) is 14.9 Å². The number of benzene rings is 1. The van der Waals surface area contributed by atoms with Crippen LogP contribution in [0.5, 0.6) is 0 Å². The Kier molecular flexibility index (Phi) is 3.55. The Morgan fingerprint density at radius 3 is 2.67 bits per heavy atom. The lowest BCUT2D eigenvalue weighted by Gasteiger charge is -2.26. The summed E-state index contributed by atoms with van der Waals surface area (Å²) in [6.07, 6.45) is 6.68. The minimum atomic E-state index is 0.793. The van der Waals surface area contributed by atoms with Crippen molar-refractivity contribution in [2.45, 2.75) is 38.1 Å². The Balaban J connectivity index is 1.48. The average Bonchev–Trinajstić information content (AvgIpc) is 3.12. The van der Waals surface area contributed by atoms with E-state index in [9.17, 15) is 0 Å². The predicted octanol–water partition coefficient (Wildman–Crippen LogP) is 3.02. The molecule has 2 saturated heterocycles. The normalized spacial score (nSPS) is 24.6. The number of aromatic amines is 1. The molecule has 0 spiro atoms. The molecule has 1 aromatic heterocycles. The van der Waals surface area contributed by atoms with Gasteiger partial charge in [-0.05, 0) is 57.3 Å². The lowest BCUT2D eigenvalue weighted by atomic mass is 10.1. The second-order valence-electron chi connectivity index (χ2n) is 6.39. The van der Waals surface area contributed by atoms with Gasteiger partial charge in [0.05, 0.1) is 11.0 Å². The highest BCUT2D eigenvalue weighted by Gasteiger charge is 2.25. The minimum absolute atomic E-state index is 0.793. The van der Waals surface area contributed by atoms with Crippen LogP contribution in [-0.4, -0.2) is 47.1 Å². The van der Waals surface area contributed by atoms with E-state index in [2.05, 4.69) is 39.0 Å². The van der Waals surface area contributed by atoms with E-state index in [1.165, 1.54) is 45.2 Å². The van der Waals surface area contributed by atoms with Gasteiger partial charge in [-0.1, -0.05) is 12.1 Å². The van der Waals surface area contributed by atoms with Gasteiger partial charge in [0.2, 0.25) is 5.95 Å². The van der Waals surface area contributed by atoms with Crippen molar-refractivity contribution in [1.29, 1.82) is 0 Å². The van der Waals surface area contributed by atoms with Gasteiger partial charge in [0, 0.05) is 19.1 Å². The van der Waals surface area contributed by atoms with Gasteiger partial charge in [0.15, 0.2) is 0 Å². The van der Waals surface area contributed by atoms with E-state index in [1.54, 1.807) is 0 Å². The molecule has 0 amide bonds. The summed E-state index contributed by atoms with van der Waals surface area (Å²) in [5, 5.41) is 0. The van der Waals surface area contributed by atoms with E-state index >= 15 is 0 Å². The van der Waals surface area contributed by atoms with Crippen LogP contribution in [0.2, 0.25) is 0 Å². The van der Waals surface area contributed by atoms with Crippen LogP contribution in [0.1, 0.15) is 32.1 Å². The Hall–Kier alpha value is -1.55. The molecule has 3 heterocycles. The first-order chi connectivity index (χ1) is 10.4. The predicted molar refractivity (Wildman–Crippen MR) is 86.8 cm³/mol. The number of fused-ring (bicyclic) bond motifs is 1. The zero-order chi connectivity index (χ0) is 14.1. The van der Waals surface area contributed by atoms with Crippen molar-refractivity contribution in [3.63, 3.8) is 0 Å². The summed E-state index contributed by atoms with van der Waals surface area (Å²) in [5.41, 5.74) is 2.22. The molecule has 1 N–H and O–H groups in total. The fraction of sp³-hybridized carbons (Fsp3) is 0.588. The highest BCUT2D eigenvalue weighted by molar-refractivity contribution is 5.77. The lowest BCUT2D eigenvalue weighted by Crippen LogP contribution is -2.34. The zero-order valence-corrected chi connectivity index (χ0v) is 12.6. The number of nitrogens with zero attached hydrogens (tertiary/aromatic N) is 3. The molecule has 0 bridgehead atoms. The number of hydrogen-bond donors (Lipinski definition) is 1. The van der Waals surface area contributed by atoms with Crippen LogP contribution < -0.4 is 4.90 Å². The van der Waals surface area contributed by atoms with Crippen molar-refractivity contribution in [3.05, 3.63) is 24.3 Å². The van der Waals surface area contributed by atoms with E-state index < -0.39 is 0 Å². The highest BCUT2D eigenvalue weighted by Crippen LogP contribution is 2.24. The number of rotatable bonds is 2. The number of hydrogen-bond acceptors (Lipinski definition) is 3. The summed E-state index contributed by atoms with van der Waals surface area (Å²) >= 11 is 0. The summed E-state index contributed by atoms with van der Waals surface area (Å²) < 4.78 is 0. The molecule has 0 aliphatic carbocycles. The maximum Gasteiger partial charge on any atom is 0.203 e. The van der Waals surface area contributed by atoms with Crippen LogP contribution in [0.15, 0.2) is 24.3 Å². The largest absolute Gasteiger partial charge is 0.342 e. The quantitative estimate of drug-likeness (QED) is 0.920. The summed E-state index contributed by atoms with van der Waals surface area (Å²) in [4.78, 5) is 13.4. The van der Waals surface area contributed by atoms with Crippen LogP contribution in [0.3, 0.4) is 0 Å². The Morgan fingerprint density at radius 2 is 1.81 bits per heavy atom. The van der Waals surface area contributed by atoms with Gasteiger partial charge < -0.3 is 14.8 Å². The summed E-state index contributed by atoms with van der Waals surface area (Å²) in [6, 6.07) is 9.10. The number of nitrogens with one attached hydrogen (secondary N) is 1. The van der Waals surface area contributed by atoms with E-state index in [0.717, 1.165) is 36.1 Å². The molecule has 2 aromatic rings. The Morgan fingerprint density at radius 1 is 0.952 bits per heavy atom. The van der Waals surface area contributed by atoms with Crippen molar-refractivity contribution in [3.8, 4) is 0 Å². The molecule has 0 radical (unpaired) electrons. The molecule has 112 valence electrons. The van der Waals surface area contributed by atoms with Crippen molar-refractivity contribution < 1.29 is 0 Å². The van der Waals surface area contributed by atoms with Crippen molar-refractivity contribution in [2.75, 3.05) is 31.1 Å². The first-order valence-corrected chi connectivity index (χ1v) is 8.34. The SMILES string of the molecule is c1ccc2[nH]c(N3CCCC(N4CCCC4)CC3)nc2c1. The van der Waals surface area contributed by atoms with Crippen molar-refractivity contribution >= 4 is 17.0 Å². The number of aromatic nitrogens is 2. The van der Waals surface area contributed by atoms with Gasteiger partial charge in [-0.2, -0.15) is 0 Å². The maximum atomic E-state index is 4.76.